The molecule has 4 aromatic rings. The zero-order valence-electron chi connectivity index (χ0n) is 15.6. The van der Waals surface area contributed by atoms with E-state index in [2.05, 4.69) is 21.6 Å². The SMILES string of the molecule is CCc1ccc(NC(=O)Cn2cnc3c(-c4ccc(F)cc4)nsc3c2=O)cc1. The maximum absolute atomic E-state index is 13.2. The number of nitrogens with one attached hydrogen (secondary N) is 1. The Balaban J connectivity index is 1.56. The summed E-state index contributed by atoms with van der Waals surface area (Å²) in [6, 6.07) is 13.4. The fourth-order valence-electron chi connectivity index (χ4n) is 2.94. The van der Waals surface area contributed by atoms with E-state index in [1.165, 1.54) is 28.6 Å². The summed E-state index contributed by atoms with van der Waals surface area (Å²) in [6.45, 7) is 1.91. The van der Waals surface area contributed by atoms with Crippen molar-refractivity contribution in [3.8, 4) is 11.3 Å². The molecule has 146 valence electrons. The number of amides is 1. The van der Waals surface area contributed by atoms with E-state index in [1.807, 2.05) is 24.3 Å². The summed E-state index contributed by atoms with van der Waals surface area (Å²) in [6.07, 6.45) is 2.26. The molecule has 2 heterocycles. The lowest BCUT2D eigenvalue weighted by Crippen LogP contribution is -2.27. The third-order valence-corrected chi connectivity index (χ3v) is 5.35. The first kappa shape index (κ1) is 18.9. The van der Waals surface area contributed by atoms with Crippen molar-refractivity contribution in [3.05, 3.63) is 76.6 Å². The summed E-state index contributed by atoms with van der Waals surface area (Å²) in [5, 5.41) is 2.78. The summed E-state index contributed by atoms with van der Waals surface area (Å²) in [5.41, 5.74) is 3.16. The third-order valence-electron chi connectivity index (χ3n) is 4.53. The van der Waals surface area contributed by atoms with Crippen LogP contribution in [0.3, 0.4) is 0 Å². The van der Waals surface area contributed by atoms with E-state index in [-0.39, 0.29) is 23.8 Å². The average Bonchev–Trinajstić information content (AvgIpc) is 3.16. The van der Waals surface area contributed by atoms with Crippen LogP contribution >= 0.6 is 11.5 Å². The number of rotatable bonds is 5. The van der Waals surface area contributed by atoms with Gasteiger partial charge >= 0.3 is 0 Å². The normalized spacial score (nSPS) is 11.0. The second kappa shape index (κ2) is 7.92. The molecule has 1 N–H and O–H groups in total. The zero-order chi connectivity index (χ0) is 20.4. The highest BCUT2D eigenvalue weighted by Crippen LogP contribution is 2.27. The molecule has 0 radical (unpaired) electrons. The Hall–Kier alpha value is -3.39. The summed E-state index contributed by atoms with van der Waals surface area (Å²) >= 11 is 1.02. The molecule has 6 nitrogen and oxygen atoms in total. The molecule has 0 atom stereocenters. The number of aryl methyl sites for hydroxylation is 1. The predicted molar refractivity (Wildman–Crippen MR) is 112 cm³/mol. The quantitative estimate of drug-likeness (QED) is 0.544. The smallest absolute Gasteiger partial charge is 0.273 e. The second-order valence-electron chi connectivity index (χ2n) is 6.49. The lowest BCUT2D eigenvalue weighted by Gasteiger charge is -2.08. The van der Waals surface area contributed by atoms with Crippen LogP contribution in [0.5, 0.6) is 0 Å². The number of aromatic nitrogens is 3. The van der Waals surface area contributed by atoms with Crippen molar-refractivity contribution in [2.24, 2.45) is 0 Å². The first-order valence-corrected chi connectivity index (χ1v) is 9.82. The first-order valence-electron chi connectivity index (χ1n) is 9.04. The molecule has 1 amide bonds. The number of hydrogen-bond donors (Lipinski definition) is 1. The minimum absolute atomic E-state index is 0.152. The largest absolute Gasteiger partial charge is 0.325 e. The maximum Gasteiger partial charge on any atom is 0.273 e. The van der Waals surface area contributed by atoms with Crippen LogP contribution in [0.15, 0.2) is 59.7 Å². The molecule has 0 saturated heterocycles. The van der Waals surface area contributed by atoms with Gasteiger partial charge in [-0.2, -0.15) is 4.37 Å². The summed E-state index contributed by atoms with van der Waals surface area (Å²) in [4.78, 5) is 29.4. The maximum atomic E-state index is 13.2. The molecule has 2 aromatic heterocycles. The van der Waals surface area contributed by atoms with E-state index in [0.29, 0.717) is 27.2 Å². The molecule has 0 fully saturated rings. The van der Waals surface area contributed by atoms with E-state index in [4.69, 9.17) is 0 Å². The predicted octanol–water partition coefficient (Wildman–Crippen LogP) is 3.86. The van der Waals surface area contributed by atoms with Crippen molar-refractivity contribution in [3.63, 3.8) is 0 Å². The van der Waals surface area contributed by atoms with Gasteiger partial charge in [-0.05, 0) is 59.9 Å². The van der Waals surface area contributed by atoms with Gasteiger partial charge in [-0.1, -0.05) is 19.1 Å². The van der Waals surface area contributed by atoms with Crippen molar-refractivity contribution >= 4 is 33.3 Å². The second-order valence-corrected chi connectivity index (χ2v) is 7.27. The van der Waals surface area contributed by atoms with Gasteiger partial charge in [-0.3, -0.25) is 14.2 Å². The molecule has 0 aliphatic carbocycles. The van der Waals surface area contributed by atoms with Crippen molar-refractivity contribution in [1.29, 1.82) is 0 Å². The van der Waals surface area contributed by atoms with Crippen LogP contribution in [0, 0.1) is 5.82 Å². The van der Waals surface area contributed by atoms with Crippen LogP contribution < -0.4 is 10.9 Å². The molecule has 0 bridgehead atoms. The van der Waals surface area contributed by atoms with Crippen molar-refractivity contribution in [1.82, 2.24) is 13.9 Å². The molecule has 0 saturated carbocycles. The van der Waals surface area contributed by atoms with Crippen LogP contribution in [-0.4, -0.2) is 19.8 Å². The number of carbonyl (C=O) groups is 1. The molecule has 2 aromatic carbocycles. The Morgan fingerprint density at radius 3 is 2.55 bits per heavy atom. The van der Waals surface area contributed by atoms with Crippen LogP contribution in [0.1, 0.15) is 12.5 Å². The van der Waals surface area contributed by atoms with Gasteiger partial charge in [0.05, 0.1) is 6.33 Å². The van der Waals surface area contributed by atoms with Gasteiger partial charge in [0.25, 0.3) is 5.56 Å². The van der Waals surface area contributed by atoms with Gasteiger partial charge in [0.2, 0.25) is 5.91 Å². The highest BCUT2D eigenvalue weighted by Gasteiger charge is 2.15. The van der Waals surface area contributed by atoms with Crippen LogP contribution in [-0.2, 0) is 17.8 Å². The number of halogens is 1. The van der Waals surface area contributed by atoms with Crippen molar-refractivity contribution < 1.29 is 9.18 Å². The summed E-state index contributed by atoms with van der Waals surface area (Å²) in [7, 11) is 0. The van der Waals surface area contributed by atoms with Crippen molar-refractivity contribution in [2.45, 2.75) is 19.9 Å². The van der Waals surface area contributed by atoms with E-state index >= 15 is 0 Å². The minimum Gasteiger partial charge on any atom is -0.325 e. The lowest BCUT2D eigenvalue weighted by atomic mass is 10.1. The van der Waals surface area contributed by atoms with E-state index in [9.17, 15) is 14.0 Å². The summed E-state index contributed by atoms with van der Waals surface area (Å²) < 4.78 is 19.1. The molecule has 29 heavy (non-hydrogen) atoms. The van der Waals surface area contributed by atoms with Crippen LogP contribution in [0.25, 0.3) is 21.5 Å². The molecule has 0 unspecified atom stereocenters. The molecule has 0 aliphatic rings. The van der Waals surface area contributed by atoms with Gasteiger partial charge in [0.15, 0.2) is 0 Å². The van der Waals surface area contributed by atoms with Crippen molar-refractivity contribution in [2.75, 3.05) is 5.32 Å². The van der Waals surface area contributed by atoms with Crippen LogP contribution in [0.4, 0.5) is 10.1 Å². The molecule has 8 heteroatoms. The summed E-state index contributed by atoms with van der Waals surface area (Å²) in [5.74, 6) is -0.667. The van der Waals surface area contributed by atoms with Gasteiger partial charge in [-0.15, -0.1) is 0 Å². The number of hydrogen-bond acceptors (Lipinski definition) is 5. The number of anilines is 1. The average molecular weight is 408 g/mol. The Morgan fingerprint density at radius 2 is 1.86 bits per heavy atom. The van der Waals surface area contributed by atoms with Crippen LogP contribution in [0.2, 0.25) is 0 Å². The Bertz CT molecular complexity index is 1230. The monoisotopic (exact) mass is 408 g/mol. The van der Waals surface area contributed by atoms with Gasteiger partial charge in [0.1, 0.15) is 28.3 Å². The number of fused-ring (bicyclic) bond motifs is 1. The highest BCUT2D eigenvalue weighted by atomic mass is 32.1. The van der Waals surface area contributed by atoms with Gasteiger partial charge in [-0.25, -0.2) is 9.37 Å². The molecular weight excluding hydrogens is 391 g/mol. The third kappa shape index (κ3) is 3.93. The number of carbonyl (C=O) groups excluding carboxylic acids is 1. The lowest BCUT2D eigenvalue weighted by molar-refractivity contribution is -0.116. The zero-order valence-corrected chi connectivity index (χ0v) is 16.4. The fraction of sp³-hybridized carbons (Fsp3) is 0.143. The van der Waals surface area contributed by atoms with E-state index in [1.54, 1.807) is 12.1 Å². The first-order chi connectivity index (χ1) is 14.0. The molecule has 0 spiro atoms. The number of benzene rings is 2. The number of nitrogens with zero attached hydrogens (tertiary/aromatic N) is 3. The topological polar surface area (TPSA) is 76.9 Å². The van der Waals surface area contributed by atoms with E-state index < -0.39 is 0 Å². The molecule has 0 aliphatic heterocycles. The molecule has 4 rings (SSSR count). The highest BCUT2D eigenvalue weighted by molar-refractivity contribution is 7.13. The Morgan fingerprint density at radius 1 is 1.14 bits per heavy atom. The fourth-order valence-corrected chi connectivity index (χ4v) is 3.75. The van der Waals surface area contributed by atoms with E-state index in [0.717, 1.165) is 18.0 Å². The van der Waals surface area contributed by atoms with Gasteiger partial charge in [0, 0.05) is 11.3 Å². The Kier molecular flexibility index (Phi) is 5.18. The standard InChI is InChI=1S/C21H17FN4O2S/c1-2-13-3-9-16(10-4-13)24-17(27)11-26-12-23-19-18(25-29-20(19)21(26)28)14-5-7-15(22)8-6-14/h3-10,12H,2,11H2,1H3,(H,24,27). The minimum atomic E-state index is -0.348. The van der Waals surface area contributed by atoms with Gasteiger partial charge < -0.3 is 5.32 Å². The Labute approximate surface area is 169 Å². The molecular formula is C21H17FN4O2S.